The zero-order chi connectivity index (χ0) is 22.7. The largest absolute Gasteiger partial charge is 0.465 e. The number of esters is 1. The van der Waals surface area contributed by atoms with Gasteiger partial charge in [0.05, 0.1) is 12.6 Å². The number of ether oxygens (including phenoxy) is 1. The Morgan fingerprint density at radius 3 is 2.75 bits per heavy atom. The van der Waals surface area contributed by atoms with E-state index in [1.807, 2.05) is 31.2 Å². The van der Waals surface area contributed by atoms with E-state index < -0.39 is 0 Å². The minimum atomic E-state index is -0.322. The molecule has 0 aliphatic heterocycles. The van der Waals surface area contributed by atoms with Crippen LogP contribution < -0.4 is 16.0 Å². The molecule has 0 aliphatic carbocycles. The molecule has 0 spiro atoms. The third-order valence-corrected chi connectivity index (χ3v) is 6.32. The number of hydrogen-bond acceptors (Lipinski definition) is 6. The van der Waals surface area contributed by atoms with Gasteiger partial charge in [0, 0.05) is 40.2 Å². The summed E-state index contributed by atoms with van der Waals surface area (Å²) in [7, 11) is 1.39. The number of carbonyl (C=O) groups excluding carboxylic acids is 1. The third-order valence-electron chi connectivity index (χ3n) is 4.98. The number of pyridine rings is 1. The van der Waals surface area contributed by atoms with Crippen LogP contribution in [0.1, 0.15) is 20.9 Å². The van der Waals surface area contributed by atoms with Crippen LogP contribution in [0.25, 0.3) is 21.0 Å². The van der Waals surface area contributed by atoms with Crippen molar-refractivity contribution in [3.8, 4) is 0 Å². The fourth-order valence-electron chi connectivity index (χ4n) is 3.49. The maximum Gasteiger partial charge on any atom is 0.348 e. The van der Waals surface area contributed by atoms with Crippen molar-refractivity contribution in [3.05, 3.63) is 64.7 Å². The SMILES string of the molecule is COC(=O)c1cc2cc(NC(=S)NCCNc3cc(C)nc4ccc(C)cc34)ccc2s1. The summed E-state index contributed by atoms with van der Waals surface area (Å²) >= 11 is 6.85. The van der Waals surface area contributed by atoms with Crippen LogP contribution in [0.2, 0.25) is 0 Å². The Hall–Kier alpha value is -3.23. The van der Waals surface area contributed by atoms with Gasteiger partial charge >= 0.3 is 5.97 Å². The lowest BCUT2D eigenvalue weighted by Gasteiger charge is -2.14. The zero-order valence-electron chi connectivity index (χ0n) is 18.1. The number of fused-ring (bicyclic) bond motifs is 2. The van der Waals surface area contributed by atoms with Crippen LogP contribution in [0.5, 0.6) is 0 Å². The van der Waals surface area contributed by atoms with Gasteiger partial charge in [-0.05, 0) is 73.9 Å². The highest BCUT2D eigenvalue weighted by Gasteiger charge is 2.11. The molecule has 3 N–H and O–H groups in total. The number of aryl methyl sites for hydroxylation is 2. The van der Waals surface area contributed by atoms with Crippen LogP contribution in [0.4, 0.5) is 11.4 Å². The van der Waals surface area contributed by atoms with Crippen molar-refractivity contribution in [2.24, 2.45) is 0 Å². The molecule has 6 nitrogen and oxygen atoms in total. The smallest absolute Gasteiger partial charge is 0.348 e. The lowest BCUT2D eigenvalue weighted by molar-refractivity contribution is 0.0606. The first-order chi connectivity index (χ1) is 15.4. The summed E-state index contributed by atoms with van der Waals surface area (Å²) in [5.74, 6) is -0.322. The molecule has 0 radical (unpaired) electrons. The van der Waals surface area contributed by atoms with Gasteiger partial charge in [0.15, 0.2) is 5.11 Å². The van der Waals surface area contributed by atoms with Crippen molar-refractivity contribution in [2.75, 3.05) is 30.8 Å². The first kappa shape index (κ1) is 22.0. The summed E-state index contributed by atoms with van der Waals surface area (Å²) < 4.78 is 5.82. The number of thiocarbonyl (C=S) groups is 1. The summed E-state index contributed by atoms with van der Waals surface area (Å²) in [6.07, 6.45) is 0. The third kappa shape index (κ3) is 4.98. The van der Waals surface area contributed by atoms with E-state index >= 15 is 0 Å². The standard InChI is InChI=1S/C24H24N4O2S2/c1-14-4-6-19-18(10-14)20(11-15(2)27-19)25-8-9-26-24(31)28-17-5-7-21-16(12-17)13-22(32-21)23(29)30-3/h4-7,10-13H,8-9H2,1-3H3,(H,25,27)(H2,26,28,31). The average molecular weight is 465 g/mol. The molecule has 4 rings (SSSR count). The van der Waals surface area contributed by atoms with Crippen LogP contribution in [-0.2, 0) is 4.74 Å². The van der Waals surface area contributed by atoms with E-state index in [2.05, 4.69) is 52.1 Å². The number of thiophene rings is 1. The predicted molar refractivity (Wildman–Crippen MR) is 137 cm³/mol. The van der Waals surface area contributed by atoms with Crippen LogP contribution in [0, 0.1) is 13.8 Å². The molecule has 0 unspecified atom stereocenters. The molecule has 0 bridgehead atoms. The molecule has 0 amide bonds. The van der Waals surface area contributed by atoms with Crippen molar-refractivity contribution < 1.29 is 9.53 Å². The number of benzene rings is 2. The van der Waals surface area contributed by atoms with Gasteiger partial charge in [-0.25, -0.2) is 4.79 Å². The Morgan fingerprint density at radius 1 is 1.09 bits per heavy atom. The van der Waals surface area contributed by atoms with E-state index in [0.717, 1.165) is 38.1 Å². The molecule has 8 heteroatoms. The van der Waals surface area contributed by atoms with Crippen LogP contribution in [0.15, 0.2) is 48.5 Å². The maximum atomic E-state index is 11.7. The summed E-state index contributed by atoms with van der Waals surface area (Å²) in [6, 6.07) is 16.1. The van der Waals surface area contributed by atoms with Gasteiger partial charge in [0.1, 0.15) is 4.88 Å². The first-order valence-electron chi connectivity index (χ1n) is 10.2. The first-order valence-corrected chi connectivity index (χ1v) is 11.4. The molecule has 0 aliphatic rings. The van der Waals surface area contributed by atoms with E-state index in [1.54, 1.807) is 0 Å². The lowest BCUT2D eigenvalue weighted by Crippen LogP contribution is -2.32. The minimum absolute atomic E-state index is 0.322. The molecule has 2 heterocycles. The molecule has 2 aromatic heterocycles. The quantitative estimate of drug-likeness (QED) is 0.204. The minimum Gasteiger partial charge on any atom is -0.465 e. The molecule has 0 atom stereocenters. The van der Waals surface area contributed by atoms with Crippen molar-refractivity contribution >= 4 is 67.0 Å². The van der Waals surface area contributed by atoms with Gasteiger partial charge in [-0.3, -0.25) is 4.98 Å². The van der Waals surface area contributed by atoms with Gasteiger partial charge in [0.25, 0.3) is 0 Å². The Kier molecular flexibility index (Phi) is 6.53. The number of methoxy groups -OCH3 is 1. The number of carbonyl (C=O) groups is 1. The van der Waals surface area contributed by atoms with E-state index in [0.29, 0.717) is 23.1 Å². The van der Waals surface area contributed by atoms with Gasteiger partial charge in [-0.15, -0.1) is 11.3 Å². The average Bonchev–Trinajstić information content (AvgIpc) is 3.20. The number of rotatable bonds is 6. The summed E-state index contributed by atoms with van der Waals surface area (Å²) in [4.78, 5) is 16.9. The normalized spacial score (nSPS) is 10.8. The number of nitrogens with one attached hydrogen (secondary N) is 3. The number of nitrogens with zero attached hydrogens (tertiary/aromatic N) is 1. The van der Waals surface area contributed by atoms with Gasteiger partial charge in [-0.1, -0.05) is 11.6 Å². The Bertz CT molecular complexity index is 1320. The van der Waals surface area contributed by atoms with Crippen LogP contribution >= 0.6 is 23.6 Å². The second-order valence-electron chi connectivity index (χ2n) is 7.49. The molecular weight excluding hydrogens is 440 g/mol. The highest BCUT2D eigenvalue weighted by molar-refractivity contribution is 7.80. The topological polar surface area (TPSA) is 75.3 Å². The molecule has 2 aromatic carbocycles. The van der Waals surface area contributed by atoms with Gasteiger partial charge in [0.2, 0.25) is 0 Å². The van der Waals surface area contributed by atoms with Crippen molar-refractivity contribution in [1.82, 2.24) is 10.3 Å². The van der Waals surface area contributed by atoms with Crippen molar-refractivity contribution in [3.63, 3.8) is 0 Å². The van der Waals surface area contributed by atoms with Crippen molar-refractivity contribution in [1.29, 1.82) is 0 Å². The zero-order valence-corrected chi connectivity index (χ0v) is 19.7. The van der Waals surface area contributed by atoms with Gasteiger partial charge < -0.3 is 20.7 Å². The monoisotopic (exact) mass is 464 g/mol. The lowest BCUT2D eigenvalue weighted by atomic mass is 10.1. The highest BCUT2D eigenvalue weighted by atomic mass is 32.1. The molecule has 0 saturated heterocycles. The summed E-state index contributed by atoms with van der Waals surface area (Å²) in [6.45, 7) is 5.45. The maximum absolute atomic E-state index is 11.7. The summed E-state index contributed by atoms with van der Waals surface area (Å²) in [5, 5.41) is 12.5. The number of hydrogen-bond donors (Lipinski definition) is 3. The Balaban J connectivity index is 1.33. The molecule has 0 saturated carbocycles. The molecule has 164 valence electrons. The fraction of sp³-hybridized carbons (Fsp3) is 0.208. The summed E-state index contributed by atoms with van der Waals surface area (Å²) in [5.41, 5.74) is 5.11. The second kappa shape index (κ2) is 9.50. The Labute approximate surface area is 196 Å². The van der Waals surface area contributed by atoms with E-state index in [4.69, 9.17) is 17.0 Å². The molecule has 4 aromatic rings. The van der Waals surface area contributed by atoms with Crippen LogP contribution in [0.3, 0.4) is 0 Å². The van der Waals surface area contributed by atoms with Gasteiger partial charge in [-0.2, -0.15) is 0 Å². The molecule has 0 fully saturated rings. The highest BCUT2D eigenvalue weighted by Crippen LogP contribution is 2.28. The Morgan fingerprint density at radius 2 is 1.94 bits per heavy atom. The van der Waals surface area contributed by atoms with E-state index in [9.17, 15) is 4.79 Å². The fourth-order valence-corrected chi connectivity index (χ4v) is 4.67. The molecular formula is C24H24N4O2S2. The molecule has 32 heavy (non-hydrogen) atoms. The number of anilines is 2. The van der Waals surface area contributed by atoms with E-state index in [1.165, 1.54) is 24.0 Å². The number of aromatic nitrogens is 1. The van der Waals surface area contributed by atoms with E-state index in [-0.39, 0.29) is 5.97 Å². The van der Waals surface area contributed by atoms with Crippen molar-refractivity contribution in [2.45, 2.75) is 13.8 Å². The second-order valence-corrected chi connectivity index (χ2v) is 8.99. The van der Waals surface area contributed by atoms with Crippen LogP contribution in [-0.4, -0.2) is 36.3 Å². The predicted octanol–water partition coefficient (Wildman–Crippen LogP) is 5.25.